The average Bonchev–Trinajstić information content (AvgIpc) is 3.37. The summed E-state index contributed by atoms with van der Waals surface area (Å²) in [7, 11) is -3.87. The largest absolute Gasteiger partial charge is 0.476 e. The highest BCUT2D eigenvalue weighted by atomic mass is 32.2. The van der Waals surface area contributed by atoms with Crippen LogP contribution in [0.2, 0.25) is 0 Å². The van der Waals surface area contributed by atoms with Crippen molar-refractivity contribution in [2.75, 3.05) is 38.4 Å². The number of hydrazine groups is 1. The summed E-state index contributed by atoms with van der Waals surface area (Å²) >= 11 is 1.04. The molecule has 0 aliphatic carbocycles. The van der Waals surface area contributed by atoms with Gasteiger partial charge in [-0.25, -0.2) is 28.2 Å². The van der Waals surface area contributed by atoms with Gasteiger partial charge in [-0.15, -0.1) is 11.3 Å². The predicted octanol–water partition coefficient (Wildman–Crippen LogP) is -1.30. The van der Waals surface area contributed by atoms with E-state index < -0.39 is 50.9 Å². The molecule has 0 unspecified atom stereocenters. The molecule has 2 aliphatic heterocycles. The molecule has 3 rings (SSSR count). The van der Waals surface area contributed by atoms with Crippen LogP contribution in [0, 0.1) is 0 Å². The molecule has 1 aromatic heterocycles. The lowest BCUT2D eigenvalue weighted by atomic mass is 10.2. The normalized spacial score (nSPS) is 19.4. The van der Waals surface area contributed by atoms with Gasteiger partial charge in [0.1, 0.15) is 18.3 Å². The van der Waals surface area contributed by atoms with Gasteiger partial charge in [0, 0.05) is 24.6 Å². The molecule has 174 valence electrons. The summed E-state index contributed by atoms with van der Waals surface area (Å²) in [6, 6.07) is -1.19. The lowest BCUT2D eigenvalue weighted by Crippen LogP contribution is -2.46. The van der Waals surface area contributed by atoms with Crippen LogP contribution in [-0.2, 0) is 29.1 Å². The van der Waals surface area contributed by atoms with E-state index in [4.69, 9.17) is 10.6 Å². The van der Waals surface area contributed by atoms with Gasteiger partial charge >= 0.3 is 5.97 Å². The van der Waals surface area contributed by atoms with E-state index in [0.717, 1.165) is 22.6 Å². The van der Waals surface area contributed by atoms with E-state index in [1.165, 1.54) is 10.4 Å². The van der Waals surface area contributed by atoms with Crippen molar-refractivity contribution in [2.45, 2.75) is 12.5 Å². The number of thiazole rings is 1. The number of oxime groups is 1. The molecule has 16 heteroatoms. The van der Waals surface area contributed by atoms with E-state index in [-0.39, 0.29) is 42.7 Å². The zero-order chi connectivity index (χ0) is 23.6. The van der Waals surface area contributed by atoms with Crippen LogP contribution < -0.4 is 11.1 Å². The SMILES string of the molecule is CS(=O)(=O)C1=C(C(=O)O)N2C(=O)[C@@H](NC(=O)/C(=N/OCCCF)c3csc(N)n3)CN2C1. The average molecular weight is 490 g/mol. The molecule has 0 bridgehead atoms. The van der Waals surface area contributed by atoms with Crippen LogP contribution in [0.1, 0.15) is 12.1 Å². The summed E-state index contributed by atoms with van der Waals surface area (Å²) in [5.74, 6) is -3.28. The molecule has 0 aromatic carbocycles. The Morgan fingerprint density at radius 2 is 2.22 bits per heavy atom. The lowest BCUT2D eigenvalue weighted by molar-refractivity contribution is -0.143. The maximum absolute atomic E-state index is 12.8. The van der Waals surface area contributed by atoms with Crippen LogP contribution in [0.15, 0.2) is 21.1 Å². The number of nitrogen functional groups attached to an aromatic ring is 1. The second-order valence-electron chi connectivity index (χ2n) is 6.76. The fourth-order valence-electron chi connectivity index (χ4n) is 3.07. The number of rotatable bonds is 9. The van der Waals surface area contributed by atoms with Crippen molar-refractivity contribution in [1.29, 1.82) is 0 Å². The summed E-state index contributed by atoms with van der Waals surface area (Å²) in [6.45, 7) is -1.24. The Morgan fingerprint density at radius 1 is 1.50 bits per heavy atom. The first-order valence-corrected chi connectivity index (χ1v) is 11.8. The van der Waals surface area contributed by atoms with Gasteiger partial charge in [0.2, 0.25) is 0 Å². The number of nitrogens with zero attached hydrogens (tertiary/aromatic N) is 4. The molecule has 1 atom stereocenters. The minimum atomic E-state index is -3.87. The summed E-state index contributed by atoms with van der Waals surface area (Å²) < 4.78 is 36.1. The molecule has 32 heavy (non-hydrogen) atoms. The number of halogens is 1. The Labute approximate surface area is 185 Å². The Hall–Kier alpha value is -3.11. The highest BCUT2D eigenvalue weighted by Crippen LogP contribution is 2.31. The summed E-state index contributed by atoms with van der Waals surface area (Å²) in [6.07, 6.45) is 0.902. The molecule has 4 N–H and O–H groups in total. The molecule has 3 heterocycles. The number of alkyl halides is 1. The molecule has 1 saturated heterocycles. The molecular weight excluding hydrogens is 471 g/mol. The van der Waals surface area contributed by atoms with Crippen LogP contribution in [-0.4, -0.2) is 90.7 Å². The van der Waals surface area contributed by atoms with Gasteiger partial charge in [0.25, 0.3) is 11.8 Å². The molecule has 2 amide bonds. The molecule has 13 nitrogen and oxygen atoms in total. The Kier molecular flexibility index (Phi) is 6.75. The minimum absolute atomic E-state index is 0.0512. The monoisotopic (exact) mass is 490 g/mol. The number of carboxylic acid groups (broad SMARTS) is 1. The topological polar surface area (TPSA) is 185 Å². The number of nitrogens with two attached hydrogens (primary N) is 1. The molecule has 2 aliphatic rings. The van der Waals surface area contributed by atoms with Crippen LogP contribution in [0.4, 0.5) is 9.52 Å². The zero-order valence-electron chi connectivity index (χ0n) is 16.6. The number of carbonyl (C=O) groups excluding carboxylic acids is 2. The van der Waals surface area contributed by atoms with E-state index in [0.29, 0.717) is 0 Å². The van der Waals surface area contributed by atoms with Crippen LogP contribution in [0.3, 0.4) is 0 Å². The van der Waals surface area contributed by atoms with Crippen molar-refractivity contribution in [3.8, 4) is 0 Å². The molecule has 0 saturated carbocycles. The van der Waals surface area contributed by atoms with Crippen molar-refractivity contribution < 1.29 is 37.1 Å². The third-order valence-corrected chi connectivity index (χ3v) is 6.34. The molecule has 0 spiro atoms. The van der Waals surface area contributed by atoms with Crippen LogP contribution in [0.25, 0.3) is 0 Å². The van der Waals surface area contributed by atoms with Crippen molar-refractivity contribution in [1.82, 2.24) is 20.3 Å². The third-order valence-electron chi connectivity index (χ3n) is 4.45. The third kappa shape index (κ3) is 4.71. The van der Waals surface area contributed by atoms with Gasteiger partial charge in [-0.3, -0.25) is 14.0 Å². The Bertz CT molecular complexity index is 1120. The number of hydrogen-bond donors (Lipinski definition) is 3. The smallest absolute Gasteiger partial charge is 0.355 e. The van der Waals surface area contributed by atoms with E-state index in [1.54, 1.807) is 0 Å². The summed E-state index contributed by atoms with van der Waals surface area (Å²) in [5, 5.41) is 19.1. The number of amides is 2. The first kappa shape index (κ1) is 23.6. The number of sulfone groups is 1. The fraction of sp³-hybridized carbons (Fsp3) is 0.438. The number of carbonyl (C=O) groups is 3. The zero-order valence-corrected chi connectivity index (χ0v) is 18.3. The standard InChI is InChI=1S/C16H19FN6O7S2/c1-32(28,29)10-6-22-5-8(14(25)23(22)12(10)15(26)27)19-13(24)11(21-30-4-2-3-17)9-7-31-16(18)20-9/h7-8H,2-6H2,1H3,(H2,18,20)(H,19,24)(H,26,27)/b21-11+/t8-/m0/s1. The van der Waals surface area contributed by atoms with Crippen molar-refractivity contribution in [2.24, 2.45) is 5.16 Å². The molecule has 1 fully saturated rings. The maximum Gasteiger partial charge on any atom is 0.355 e. The van der Waals surface area contributed by atoms with Crippen molar-refractivity contribution >= 4 is 49.8 Å². The summed E-state index contributed by atoms with van der Waals surface area (Å²) in [5.41, 5.74) is 4.67. The van der Waals surface area contributed by atoms with Gasteiger partial charge in [0.15, 0.2) is 26.4 Å². The molecule has 0 radical (unpaired) electrons. The highest BCUT2D eigenvalue weighted by Gasteiger charge is 2.50. The van der Waals surface area contributed by atoms with E-state index in [1.807, 2.05) is 0 Å². The quantitative estimate of drug-likeness (QED) is 0.214. The minimum Gasteiger partial charge on any atom is -0.476 e. The number of fused-ring (bicyclic) bond motifs is 1. The number of carboxylic acids is 1. The van der Waals surface area contributed by atoms with Crippen molar-refractivity contribution in [3.05, 3.63) is 21.7 Å². The highest BCUT2D eigenvalue weighted by molar-refractivity contribution is 7.94. The first-order chi connectivity index (χ1) is 15.0. The maximum atomic E-state index is 12.8. The van der Waals surface area contributed by atoms with Crippen molar-refractivity contribution in [3.63, 3.8) is 0 Å². The number of aromatic nitrogens is 1. The first-order valence-electron chi connectivity index (χ1n) is 9.08. The number of hydrogen-bond acceptors (Lipinski definition) is 11. The van der Waals surface area contributed by atoms with Gasteiger partial charge in [-0.2, -0.15) is 0 Å². The Balaban J connectivity index is 1.81. The van der Waals surface area contributed by atoms with Crippen LogP contribution in [0.5, 0.6) is 0 Å². The molecular formula is C16H19FN6O7S2. The van der Waals surface area contributed by atoms with Crippen LogP contribution >= 0.6 is 11.3 Å². The van der Waals surface area contributed by atoms with Gasteiger partial charge < -0.3 is 21.0 Å². The van der Waals surface area contributed by atoms with Gasteiger partial charge in [-0.1, -0.05) is 5.16 Å². The number of aliphatic carboxylic acids is 1. The summed E-state index contributed by atoms with van der Waals surface area (Å²) in [4.78, 5) is 45.7. The number of anilines is 1. The second-order valence-corrected chi connectivity index (χ2v) is 9.69. The fourth-order valence-corrected chi connectivity index (χ4v) is 4.53. The number of nitrogens with one attached hydrogen (secondary N) is 1. The Morgan fingerprint density at radius 3 is 2.78 bits per heavy atom. The van der Waals surface area contributed by atoms with Gasteiger partial charge in [0.05, 0.1) is 18.1 Å². The predicted molar refractivity (Wildman–Crippen MR) is 109 cm³/mol. The second kappa shape index (κ2) is 9.17. The molecule has 1 aromatic rings. The van der Waals surface area contributed by atoms with Gasteiger partial charge in [-0.05, 0) is 0 Å². The van der Waals surface area contributed by atoms with E-state index >= 15 is 0 Å². The van der Waals surface area contributed by atoms with E-state index in [2.05, 4.69) is 15.5 Å². The lowest BCUT2D eigenvalue weighted by Gasteiger charge is -2.18. The van der Waals surface area contributed by atoms with E-state index in [9.17, 15) is 32.3 Å².